The van der Waals surface area contributed by atoms with Crippen molar-refractivity contribution in [1.82, 2.24) is 0 Å². The number of hydrogen-bond acceptors (Lipinski definition) is 11. The van der Waals surface area contributed by atoms with Crippen molar-refractivity contribution in [2.45, 2.75) is 44.2 Å². The summed E-state index contributed by atoms with van der Waals surface area (Å²) in [4.78, 5) is 26.3. The molecule has 1 aliphatic heterocycles. The van der Waals surface area contributed by atoms with Crippen LogP contribution < -0.4 is 25.0 Å². The molecular formula is C36H33NO11. The van der Waals surface area contributed by atoms with Crippen molar-refractivity contribution in [3.05, 3.63) is 112 Å². The minimum absolute atomic E-state index is 0.0312. The summed E-state index contributed by atoms with van der Waals surface area (Å²) in [5.41, 5.74) is 1.43. The maximum atomic E-state index is 13.2. The minimum Gasteiger partial charge on any atom is -0.507 e. The van der Waals surface area contributed by atoms with Gasteiger partial charge in [-0.05, 0) is 48.9 Å². The van der Waals surface area contributed by atoms with Crippen molar-refractivity contribution in [3.8, 4) is 34.3 Å². The number of rotatable bonds is 9. The number of aliphatic hydroxyl groups excluding tert-OH is 3. The van der Waals surface area contributed by atoms with E-state index in [4.69, 9.17) is 23.4 Å². The zero-order valence-electron chi connectivity index (χ0n) is 25.9. The summed E-state index contributed by atoms with van der Waals surface area (Å²) in [6.45, 7) is 1.85. The van der Waals surface area contributed by atoms with Gasteiger partial charge in [-0.3, -0.25) is 9.59 Å². The average Bonchev–Trinajstić information content (AvgIpc) is 3.10. The lowest BCUT2D eigenvalue weighted by Gasteiger charge is -2.39. The van der Waals surface area contributed by atoms with E-state index in [1.165, 1.54) is 26.2 Å². The largest absolute Gasteiger partial charge is 0.507 e. The van der Waals surface area contributed by atoms with Crippen molar-refractivity contribution in [2.24, 2.45) is 0 Å². The molecule has 0 saturated carbocycles. The molecule has 5 aromatic rings. The summed E-state index contributed by atoms with van der Waals surface area (Å²) < 4.78 is 28.6. The van der Waals surface area contributed by atoms with Crippen LogP contribution in [0.3, 0.4) is 0 Å². The number of phenols is 1. The fourth-order valence-electron chi connectivity index (χ4n) is 5.34. The molecular weight excluding hydrogens is 622 g/mol. The second-order valence-corrected chi connectivity index (χ2v) is 11.2. The summed E-state index contributed by atoms with van der Waals surface area (Å²) in [5.74, 6) is -0.165. The van der Waals surface area contributed by atoms with Crippen molar-refractivity contribution in [1.29, 1.82) is 0 Å². The molecule has 1 aliphatic rings. The predicted octanol–water partition coefficient (Wildman–Crippen LogP) is 3.89. The molecule has 4 aromatic carbocycles. The van der Waals surface area contributed by atoms with Gasteiger partial charge in [0.1, 0.15) is 64.6 Å². The molecule has 1 aromatic heterocycles. The first-order valence-corrected chi connectivity index (χ1v) is 15.0. The van der Waals surface area contributed by atoms with Crippen molar-refractivity contribution in [3.63, 3.8) is 0 Å². The summed E-state index contributed by atoms with van der Waals surface area (Å²) in [5, 5.41) is 45.4. The van der Waals surface area contributed by atoms with Crippen LogP contribution in [0.15, 0.2) is 100 Å². The monoisotopic (exact) mass is 655 g/mol. The summed E-state index contributed by atoms with van der Waals surface area (Å²) in [6, 6.07) is 25.8. The average molecular weight is 656 g/mol. The number of phenolic OH excluding ortho intramolecular Hbond substituents is 1. The highest BCUT2D eigenvalue weighted by Gasteiger charge is 2.48. The van der Waals surface area contributed by atoms with Crippen LogP contribution in [0.4, 0.5) is 5.69 Å². The van der Waals surface area contributed by atoms with E-state index in [1.54, 1.807) is 48.5 Å². The third-order valence-electron chi connectivity index (χ3n) is 8.02. The summed E-state index contributed by atoms with van der Waals surface area (Å²) in [7, 11) is 1.42. The zero-order valence-corrected chi connectivity index (χ0v) is 25.9. The Morgan fingerprint density at radius 1 is 0.875 bits per heavy atom. The molecule has 1 amide bonds. The van der Waals surface area contributed by atoms with Gasteiger partial charge >= 0.3 is 0 Å². The Hall–Kier alpha value is -5.40. The third-order valence-corrected chi connectivity index (χ3v) is 8.02. The topological polar surface area (TPSA) is 177 Å². The van der Waals surface area contributed by atoms with Gasteiger partial charge in [-0.25, -0.2) is 0 Å². The Bertz CT molecular complexity index is 1980. The smallest absolute Gasteiger partial charge is 0.256 e. The van der Waals surface area contributed by atoms with Gasteiger partial charge in [-0.2, -0.15) is 0 Å². The molecule has 1 fully saturated rings. The molecule has 248 valence electrons. The zero-order chi connectivity index (χ0) is 33.9. The molecule has 0 radical (unpaired) electrons. The number of ether oxygens (including phenoxy) is 4. The number of nitrogens with one attached hydrogen (secondary N) is 1. The van der Waals surface area contributed by atoms with Gasteiger partial charge in [0.15, 0.2) is 11.5 Å². The van der Waals surface area contributed by atoms with Gasteiger partial charge in [-0.1, -0.05) is 42.5 Å². The fourth-order valence-corrected chi connectivity index (χ4v) is 5.34. The molecule has 12 heteroatoms. The Kier molecular flexibility index (Phi) is 9.33. The van der Waals surface area contributed by atoms with Crippen LogP contribution in [0.2, 0.25) is 0 Å². The van der Waals surface area contributed by atoms with Gasteiger partial charge in [0.05, 0.1) is 12.8 Å². The molecule has 5 atom stereocenters. The van der Waals surface area contributed by atoms with E-state index in [0.29, 0.717) is 23.7 Å². The fraction of sp³-hybridized carbons (Fsp3) is 0.222. The maximum Gasteiger partial charge on any atom is 0.256 e. The second kappa shape index (κ2) is 13.8. The Balaban J connectivity index is 1.24. The predicted molar refractivity (Wildman–Crippen MR) is 174 cm³/mol. The lowest BCUT2D eigenvalue weighted by Crippen LogP contribution is -2.62. The number of anilines is 1. The van der Waals surface area contributed by atoms with Crippen LogP contribution in [0.25, 0.3) is 22.3 Å². The number of hydrogen-bond donors (Lipinski definition) is 5. The van der Waals surface area contributed by atoms with Gasteiger partial charge in [0.25, 0.3) is 5.91 Å². The molecule has 5 unspecified atom stereocenters. The SMILES string of the molecule is COc1ccccc1NC(=O)C1OC(Oc2cc3oc(-c4ccc(OCc5ccccc5)cc4)cc(=O)c3c(O)c2C)C(O)C(O)C1O. The van der Waals surface area contributed by atoms with E-state index in [-0.39, 0.29) is 33.7 Å². The minimum atomic E-state index is -1.84. The van der Waals surface area contributed by atoms with Crippen LogP contribution in [-0.4, -0.2) is 64.1 Å². The van der Waals surface area contributed by atoms with Crippen LogP contribution in [0.5, 0.6) is 23.0 Å². The lowest BCUT2D eigenvalue weighted by atomic mass is 9.98. The number of methoxy groups -OCH3 is 1. The summed E-state index contributed by atoms with van der Waals surface area (Å²) >= 11 is 0. The normalized spacial score (nSPS) is 20.6. The van der Waals surface area contributed by atoms with Crippen molar-refractivity contribution < 1.29 is 48.6 Å². The summed E-state index contributed by atoms with van der Waals surface area (Å²) in [6.07, 6.45) is -8.79. The Labute approximate surface area is 274 Å². The van der Waals surface area contributed by atoms with E-state index >= 15 is 0 Å². The molecule has 6 rings (SSSR count). The molecule has 0 aliphatic carbocycles. The number of fused-ring (bicyclic) bond motifs is 1. The van der Waals surface area contributed by atoms with E-state index in [2.05, 4.69) is 5.32 Å². The third kappa shape index (κ3) is 6.55. The van der Waals surface area contributed by atoms with E-state index in [9.17, 15) is 30.0 Å². The number of carbonyl (C=O) groups excluding carboxylic acids is 1. The van der Waals surface area contributed by atoms with E-state index < -0.39 is 47.8 Å². The van der Waals surface area contributed by atoms with Crippen molar-refractivity contribution in [2.75, 3.05) is 12.4 Å². The molecule has 1 saturated heterocycles. The maximum absolute atomic E-state index is 13.2. The first kappa shape index (κ1) is 32.5. The molecule has 2 heterocycles. The standard InChI is InChI=1S/C36H33NO11/c1-19-26(47-36-33(42)31(40)32(41)34(48-36)35(43)37-23-10-6-7-11-25(23)44-2)17-28-29(30(19)39)24(38)16-27(46-28)21-12-14-22(15-13-21)45-18-20-8-4-3-5-9-20/h3-17,31-34,36,39-42H,18H2,1-2H3,(H,37,43). The van der Waals surface area contributed by atoms with Gasteiger partial charge in [0.2, 0.25) is 6.29 Å². The van der Waals surface area contributed by atoms with Gasteiger partial charge < -0.3 is 49.1 Å². The van der Waals surface area contributed by atoms with Gasteiger partial charge in [-0.15, -0.1) is 0 Å². The first-order valence-electron chi connectivity index (χ1n) is 15.0. The van der Waals surface area contributed by atoms with Crippen LogP contribution >= 0.6 is 0 Å². The molecule has 48 heavy (non-hydrogen) atoms. The van der Waals surface area contributed by atoms with Crippen LogP contribution in [0, 0.1) is 6.92 Å². The van der Waals surface area contributed by atoms with Crippen LogP contribution in [-0.2, 0) is 16.1 Å². The molecule has 5 N–H and O–H groups in total. The van der Waals surface area contributed by atoms with E-state index in [0.717, 1.165) is 5.56 Å². The number of amides is 1. The number of aliphatic hydroxyl groups is 3. The highest BCUT2D eigenvalue weighted by molar-refractivity contribution is 5.96. The highest BCUT2D eigenvalue weighted by atomic mass is 16.7. The highest BCUT2D eigenvalue weighted by Crippen LogP contribution is 2.37. The number of aromatic hydroxyl groups is 1. The van der Waals surface area contributed by atoms with Crippen molar-refractivity contribution >= 4 is 22.6 Å². The van der Waals surface area contributed by atoms with E-state index in [1.807, 2.05) is 30.3 Å². The number of carbonyl (C=O) groups is 1. The molecule has 0 bridgehead atoms. The number of benzene rings is 4. The Morgan fingerprint density at radius 2 is 1.58 bits per heavy atom. The molecule has 0 spiro atoms. The van der Waals surface area contributed by atoms with Gasteiger partial charge in [0, 0.05) is 23.3 Å². The Morgan fingerprint density at radius 3 is 2.31 bits per heavy atom. The second-order valence-electron chi connectivity index (χ2n) is 11.2. The van der Waals surface area contributed by atoms with Crippen LogP contribution in [0.1, 0.15) is 11.1 Å². The quantitative estimate of drug-likeness (QED) is 0.156. The number of para-hydroxylation sites is 2. The first-order chi connectivity index (χ1) is 23.1. The molecule has 12 nitrogen and oxygen atoms in total. The lowest BCUT2D eigenvalue weighted by molar-refractivity contribution is -0.265.